The van der Waals surface area contributed by atoms with Crippen LogP contribution in [0.25, 0.3) is 10.9 Å². The highest BCUT2D eigenvalue weighted by atomic mass is 35.5. The number of benzene rings is 1. The molecule has 0 spiro atoms. The van der Waals surface area contributed by atoms with Crippen LogP contribution in [0.5, 0.6) is 5.75 Å². The number of H-pyrrole nitrogens is 1. The minimum atomic E-state index is -0.819. The number of aromatic hydroxyl groups is 1. The van der Waals surface area contributed by atoms with Crippen LogP contribution >= 0.6 is 23.2 Å². The molecule has 0 saturated carbocycles. The fourth-order valence-electron chi connectivity index (χ4n) is 1.74. The van der Waals surface area contributed by atoms with Crippen molar-refractivity contribution in [3.63, 3.8) is 0 Å². The van der Waals surface area contributed by atoms with Gasteiger partial charge in [-0.25, -0.2) is 4.79 Å². The third kappa shape index (κ3) is 2.39. The summed E-state index contributed by atoms with van der Waals surface area (Å²) in [7, 11) is 0. The van der Waals surface area contributed by atoms with Gasteiger partial charge in [0, 0.05) is 10.4 Å². The van der Waals surface area contributed by atoms with E-state index < -0.39 is 17.3 Å². The van der Waals surface area contributed by atoms with Crippen LogP contribution < -0.4 is 5.56 Å². The van der Waals surface area contributed by atoms with E-state index in [1.165, 1.54) is 12.1 Å². The third-order valence-corrected chi connectivity index (χ3v) is 3.00. The van der Waals surface area contributed by atoms with E-state index >= 15 is 0 Å². The quantitative estimate of drug-likeness (QED) is 0.836. The van der Waals surface area contributed by atoms with Crippen molar-refractivity contribution >= 4 is 40.1 Å². The van der Waals surface area contributed by atoms with Gasteiger partial charge in [-0.1, -0.05) is 23.2 Å². The molecule has 100 valence electrons. The highest BCUT2D eigenvalue weighted by Crippen LogP contribution is 2.32. The molecule has 1 aromatic carbocycles. The fourth-order valence-corrected chi connectivity index (χ4v) is 2.33. The maximum atomic E-state index is 11.8. The van der Waals surface area contributed by atoms with E-state index in [4.69, 9.17) is 27.9 Å². The van der Waals surface area contributed by atoms with Crippen molar-refractivity contribution in [1.82, 2.24) is 4.98 Å². The number of esters is 1. The van der Waals surface area contributed by atoms with Crippen molar-refractivity contribution in [3.8, 4) is 5.75 Å². The summed E-state index contributed by atoms with van der Waals surface area (Å²) in [6.45, 7) is 1.72. The summed E-state index contributed by atoms with van der Waals surface area (Å²) in [5.74, 6) is -1.55. The first-order valence-electron chi connectivity index (χ1n) is 5.36. The Morgan fingerprint density at radius 1 is 1.42 bits per heavy atom. The van der Waals surface area contributed by atoms with Gasteiger partial charge >= 0.3 is 5.97 Å². The molecule has 0 fully saturated rings. The van der Waals surface area contributed by atoms with Gasteiger partial charge in [-0.15, -0.1) is 0 Å². The summed E-state index contributed by atoms with van der Waals surface area (Å²) < 4.78 is 4.81. The predicted octanol–water partition coefficient (Wildman–Crippen LogP) is 2.72. The Kier molecular flexibility index (Phi) is 3.68. The van der Waals surface area contributed by atoms with E-state index in [1.807, 2.05) is 0 Å². The molecule has 0 atom stereocenters. The third-order valence-electron chi connectivity index (χ3n) is 2.48. The second-order valence-electron chi connectivity index (χ2n) is 3.71. The average Bonchev–Trinajstić information content (AvgIpc) is 2.31. The van der Waals surface area contributed by atoms with Crippen molar-refractivity contribution < 1.29 is 14.6 Å². The number of carbonyl (C=O) groups is 1. The van der Waals surface area contributed by atoms with Crippen molar-refractivity contribution in [3.05, 3.63) is 38.1 Å². The number of rotatable bonds is 2. The van der Waals surface area contributed by atoms with Gasteiger partial charge in [-0.05, 0) is 19.1 Å². The molecular weight excluding hydrogens is 293 g/mol. The van der Waals surface area contributed by atoms with Crippen LogP contribution in [-0.4, -0.2) is 22.7 Å². The van der Waals surface area contributed by atoms with Crippen molar-refractivity contribution in [1.29, 1.82) is 0 Å². The molecule has 0 saturated heterocycles. The van der Waals surface area contributed by atoms with Crippen LogP contribution in [0.4, 0.5) is 0 Å². The maximum Gasteiger partial charge on any atom is 0.342 e. The largest absolute Gasteiger partial charge is 0.502 e. The van der Waals surface area contributed by atoms with Gasteiger partial charge in [0.2, 0.25) is 0 Å². The number of aromatic nitrogens is 1. The SMILES string of the molecule is CCOC(=O)c1c(O)c(=O)[nH]c2cc(Cl)cc(Cl)c12. The zero-order valence-corrected chi connectivity index (χ0v) is 11.3. The Morgan fingerprint density at radius 3 is 2.74 bits per heavy atom. The first kappa shape index (κ1) is 13.7. The van der Waals surface area contributed by atoms with E-state index in [1.54, 1.807) is 6.92 Å². The maximum absolute atomic E-state index is 11.8. The molecule has 1 aromatic heterocycles. The van der Waals surface area contributed by atoms with E-state index in [0.29, 0.717) is 5.02 Å². The number of halogens is 2. The molecule has 19 heavy (non-hydrogen) atoms. The minimum Gasteiger partial charge on any atom is -0.502 e. The van der Waals surface area contributed by atoms with E-state index in [9.17, 15) is 14.7 Å². The molecule has 0 bridgehead atoms. The van der Waals surface area contributed by atoms with Gasteiger partial charge in [0.15, 0.2) is 5.75 Å². The van der Waals surface area contributed by atoms with Crippen LogP contribution in [0.3, 0.4) is 0 Å². The molecule has 1 heterocycles. The lowest BCUT2D eigenvalue weighted by atomic mass is 10.1. The second kappa shape index (κ2) is 5.11. The Hall–Kier alpha value is -1.72. The molecule has 5 nitrogen and oxygen atoms in total. The van der Waals surface area contributed by atoms with Crippen molar-refractivity contribution in [2.45, 2.75) is 6.92 Å². The molecule has 2 N–H and O–H groups in total. The van der Waals surface area contributed by atoms with Crippen LogP contribution in [0.15, 0.2) is 16.9 Å². The monoisotopic (exact) mass is 301 g/mol. The van der Waals surface area contributed by atoms with E-state index in [0.717, 1.165) is 0 Å². The van der Waals surface area contributed by atoms with Crippen LogP contribution in [0, 0.1) is 0 Å². The molecule has 2 aromatic rings. The Labute approximate surface area is 117 Å². The van der Waals surface area contributed by atoms with Gasteiger partial charge in [0.25, 0.3) is 5.56 Å². The minimum absolute atomic E-state index is 0.109. The smallest absolute Gasteiger partial charge is 0.342 e. The van der Waals surface area contributed by atoms with Crippen LogP contribution in [-0.2, 0) is 4.74 Å². The standard InChI is InChI=1S/C12H9Cl2NO4/c1-2-19-12(18)9-8-6(14)3-5(13)4-7(8)15-11(17)10(9)16/h3-4,16H,2H2,1H3,(H,15,17). The van der Waals surface area contributed by atoms with Gasteiger partial charge < -0.3 is 14.8 Å². The van der Waals surface area contributed by atoms with E-state index in [2.05, 4.69) is 4.98 Å². The Balaban J connectivity index is 2.90. The topological polar surface area (TPSA) is 79.4 Å². The predicted molar refractivity (Wildman–Crippen MR) is 72.2 cm³/mol. The lowest BCUT2D eigenvalue weighted by molar-refractivity contribution is 0.0525. The summed E-state index contributed by atoms with van der Waals surface area (Å²) in [6, 6.07) is 2.85. The normalized spacial score (nSPS) is 10.7. The summed E-state index contributed by atoms with van der Waals surface area (Å²) >= 11 is 11.8. The zero-order valence-electron chi connectivity index (χ0n) is 9.79. The number of ether oxygens (including phenoxy) is 1. The second-order valence-corrected chi connectivity index (χ2v) is 4.55. The molecule has 0 aliphatic heterocycles. The number of fused-ring (bicyclic) bond motifs is 1. The molecular formula is C12H9Cl2NO4. The number of hydrogen-bond acceptors (Lipinski definition) is 4. The summed E-state index contributed by atoms with van der Waals surface area (Å²) in [6.07, 6.45) is 0. The molecule has 0 aliphatic carbocycles. The summed E-state index contributed by atoms with van der Waals surface area (Å²) in [5.41, 5.74) is -0.820. The Morgan fingerprint density at radius 2 is 2.11 bits per heavy atom. The van der Waals surface area contributed by atoms with Gasteiger partial charge in [-0.3, -0.25) is 4.79 Å². The van der Waals surface area contributed by atoms with Gasteiger partial charge in [0.1, 0.15) is 5.56 Å². The number of nitrogens with one attached hydrogen (secondary N) is 1. The first-order valence-corrected chi connectivity index (χ1v) is 6.12. The summed E-state index contributed by atoms with van der Waals surface area (Å²) in [5, 5.41) is 10.4. The average molecular weight is 302 g/mol. The van der Waals surface area contributed by atoms with Crippen molar-refractivity contribution in [2.24, 2.45) is 0 Å². The molecule has 0 amide bonds. The number of aromatic amines is 1. The van der Waals surface area contributed by atoms with Gasteiger partial charge in [-0.2, -0.15) is 0 Å². The highest BCUT2D eigenvalue weighted by molar-refractivity contribution is 6.39. The highest BCUT2D eigenvalue weighted by Gasteiger charge is 2.22. The molecule has 0 radical (unpaired) electrons. The zero-order chi connectivity index (χ0) is 14.2. The lowest BCUT2D eigenvalue weighted by Gasteiger charge is -2.09. The van der Waals surface area contributed by atoms with E-state index in [-0.39, 0.29) is 28.1 Å². The number of pyridine rings is 1. The molecule has 7 heteroatoms. The van der Waals surface area contributed by atoms with Crippen molar-refractivity contribution in [2.75, 3.05) is 6.61 Å². The fraction of sp³-hybridized carbons (Fsp3) is 0.167. The lowest BCUT2D eigenvalue weighted by Crippen LogP contribution is -2.14. The van der Waals surface area contributed by atoms with Gasteiger partial charge in [0.05, 0.1) is 17.1 Å². The summed E-state index contributed by atoms with van der Waals surface area (Å²) in [4.78, 5) is 25.8. The molecule has 2 rings (SSSR count). The molecule has 0 unspecified atom stereocenters. The van der Waals surface area contributed by atoms with Crippen LogP contribution in [0.1, 0.15) is 17.3 Å². The number of hydrogen-bond donors (Lipinski definition) is 2. The van der Waals surface area contributed by atoms with Crippen LogP contribution in [0.2, 0.25) is 10.0 Å². The number of carbonyl (C=O) groups excluding carboxylic acids is 1. The Bertz CT molecular complexity index is 724. The first-order chi connectivity index (χ1) is 8.95. The molecule has 0 aliphatic rings.